The Morgan fingerprint density at radius 3 is 2.54 bits per heavy atom. The van der Waals surface area contributed by atoms with Crippen LogP contribution in [0.15, 0.2) is 18.2 Å². The van der Waals surface area contributed by atoms with E-state index in [0.29, 0.717) is 5.02 Å². The van der Waals surface area contributed by atoms with Gasteiger partial charge in [-0.3, -0.25) is 4.79 Å². The summed E-state index contributed by atoms with van der Waals surface area (Å²) < 4.78 is 10.5. The maximum absolute atomic E-state index is 12.0. The molecule has 2 atom stereocenters. The predicted molar refractivity (Wildman–Crippen MR) is 90.0 cm³/mol. The Morgan fingerprint density at radius 2 is 1.96 bits per heavy atom. The smallest absolute Gasteiger partial charge is 0.347 e. The highest BCUT2D eigenvalue weighted by molar-refractivity contribution is 6.35. The number of carbonyl (C=O) groups excluding carboxylic acids is 2. The fraction of sp³-hybridized carbons (Fsp3) is 0.438. The van der Waals surface area contributed by atoms with E-state index < -0.39 is 24.1 Å². The predicted octanol–water partition coefficient (Wildman–Crippen LogP) is 3.06. The zero-order chi connectivity index (χ0) is 18.3. The first-order valence-corrected chi connectivity index (χ1v) is 7.96. The van der Waals surface area contributed by atoms with Crippen LogP contribution in [0.4, 0.5) is 0 Å². The summed E-state index contributed by atoms with van der Waals surface area (Å²) in [5.74, 6) is -0.804. The average molecular weight is 373 g/mol. The number of likely N-dealkylation sites (N-methyl/N-ethyl adjacent to an activating group) is 1. The Kier molecular flexibility index (Phi) is 7.83. The molecule has 1 aromatic rings. The number of rotatable bonds is 7. The van der Waals surface area contributed by atoms with Crippen molar-refractivity contribution in [1.29, 1.82) is 5.26 Å². The summed E-state index contributed by atoms with van der Waals surface area (Å²) in [4.78, 5) is 25.4. The van der Waals surface area contributed by atoms with E-state index in [1.54, 1.807) is 12.1 Å². The van der Waals surface area contributed by atoms with Crippen molar-refractivity contribution in [3.05, 3.63) is 28.2 Å². The molecule has 0 spiro atoms. The first-order valence-electron chi connectivity index (χ1n) is 7.20. The maximum atomic E-state index is 12.0. The van der Waals surface area contributed by atoms with Gasteiger partial charge in [0, 0.05) is 18.6 Å². The van der Waals surface area contributed by atoms with Gasteiger partial charge >= 0.3 is 5.97 Å². The number of carbonyl (C=O) groups is 2. The first-order chi connectivity index (χ1) is 11.3. The van der Waals surface area contributed by atoms with Gasteiger partial charge in [0.25, 0.3) is 5.91 Å². The van der Waals surface area contributed by atoms with Crippen LogP contribution in [0.25, 0.3) is 0 Å². The number of ether oxygens (including phenoxy) is 2. The van der Waals surface area contributed by atoms with Crippen molar-refractivity contribution in [2.24, 2.45) is 0 Å². The lowest BCUT2D eigenvalue weighted by Crippen LogP contribution is -2.40. The minimum Gasteiger partial charge on any atom is -0.477 e. The lowest BCUT2D eigenvalue weighted by Gasteiger charge is -2.22. The van der Waals surface area contributed by atoms with Crippen LogP contribution in [0.3, 0.4) is 0 Å². The molecule has 0 saturated carbocycles. The van der Waals surface area contributed by atoms with Gasteiger partial charge < -0.3 is 14.4 Å². The Balaban J connectivity index is 2.60. The highest BCUT2D eigenvalue weighted by Crippen LogP contribution is 2.28. The number of hydrogen-bond acceptors (Lipinski definition) is 5. The number of amides is 1. The van der Waals surface area contributed by atoms with Gasteiger partial charge in [-0.15, -0.1) is 0 Å². The average Bonchev–Trinajstić information content (AvgIpc) is 2.54. The van der Waals surface area contributed by atoms with Gasteiger partial charge in [-0.2, -0.15) is 5.26 Å². The van der Waals surface area contributed by atoms with E-state index in [9.17, 15) is 9.59 Å². The monoisotopic (exact) mass is 372 g/mol. The Hall–Kier alpha value is -1.97. The molecule has 0 N–H and O–H groups in total. The molecule has 1 aromatic carbocycles. The van der Waals surface area contributed by atoms with Crippen LogP contribution in [0, 0.1) is 11.3 Å². The van der Waals surface area contributed by atoms with Crippen LogP contribution in [0.5, 0.6) is 5.75 Å². The second kappa shape index (κ2) is 9.36. The molecule has 0 aromatic heterocycles. The summed E-state index contributed by atoms with van der Waals surface area (Å²) in [7, 11) is 1.54. The molecule has 0 bridgehead atoms. The summed E-state index contributed by atoms with van der Waals surface area (Å²) in [6.07, 6.45) is -1.73. The molecule has 0 unspecified atom stereocenters. The Morgan fingerprint density at radius 1 is 1.29 bits per heavy atom. The third kappa shape index (κ3) is 5.91. The summed E-state index contributed by atoms with van der Waals surface area (Å²) in [6.45, 7) is 3.22. The van der Waals surface area contributed by atoms with E-state index in [0.717, 1.165) is 0 Å². The number of nitriles is 1. The second-order valence-electron chi connectivity index (χ2n) is 5.08. The number of halogens is 2. The van der Waals surface area contributed by atoms with Gasteiger partial charge in [-0.1, -0.05) is 23.2 Å². The van der Waals surface area contributed by atoms with Gasteiger partial charge in [0.05, 0.1) is 17.5 Å². The molecule has 0 aliphatic heterocycles. The molecule has 8 heteroatoms. The van der Waals surface area contributed by atoms with Crippen LogP contribution in [0.1, 0.15) is 20.3 Å². The van der Waals surface area contributed by atoms with E-state index in [1.807, 2.05) is 6.07 Å². The highest BCUT2D eigenvalue weighted by atomic mass is 35.5. The fourth-order valence-corrected chi connectivity index (χ4v) is 2.22. The highest BCUT2D eigenvalue weighted by Gasteiger charge is 2.25. The topological polar surface area (TPSA) is 79.6 Å². The van der Waals surface area contributed by atoms with Crippen molar-refractivity contribution in [2.75, 3.05) is 13.6 Å². The number of nitrogens with zero attached hydrogens (tertiary/aromatic N) is 2. The van der Waals surface area contributed by atoms with Crippen LogP contribution in [-0.4, -0.2) is 42.6 Å². The molecule has 0 aliphatic carbocycles. The van der Waals surface area contributed by atoms with Gasteiger partial charge in [0.15, 0.2) is 12.2 Å². The standard InChI is InChI=1S/C16H18Cl2N2O4/c1-10(15(21)20(3)8-4-7-19)24-16(22)11(2)23-14-6-5-12(17)9-13(14)18/h5-6,9-11H,4,8H2,1-3H3/t10-,11+/m1/s1. The first kappa shape index (κ1) is 20.1. The zero-order valence-electron chi connectivity index (χ0n) is 13.6. The summed E-state index contributed by atoms with van der Waals surface area (Å²) in [5.41, 5.74) is 0. The number of hydrogen-bond donors (Lipinski definition) is 0. The van der Waals surface area contributed by atoms with Crippen molar-refractivity contribution in [1.82, 2.24) is 4.90 Å². The maximum Gasteiger partial charge on any atom is 0.347 e. The molecule has 0 saturated heterocycles. The zero-order valence-corrected chi connectivity index (χ0v) is 15.1. The lowest BCUT2D eigenvalue weighted by atomic mass is 10.3. The van der Waals surface area contributed by atoms with Crippen molar-refractivity contribution < 1.29 is 19.1 Å². The van der Waals surface area contributed by atoms with E-state index in [4.69, 9.17) is 37.9 Å². The quantitative estimate of drug-likeness (QED) is 0.687. The molecule has 24 heavy (non-hydrogen) atoms. The second-order valence-corrected chi connectivity index (χ2v) is 5.93. The van der Waals surface area contributed by atoms with Gasteiger partial charge in [-0.25, -0.2) is 4.79 Å². The molecule has 1 rings (SSSR count). The fourth-order valence-electron chi connectivity index (χ4n) is 1.77. The molecule has 130 valence electrons. The summed E-state index contributed by atoms with van der Waals surface area (Å²) >= 11 is 11.8. The number of esters is 1. The molecule has 0 fully saturated rings. The van der Waals surface area contributed by atoms with E-state index in [-0.39, 0.29) is 23.7 Å². The molecule has 0 aliphatic rings. The lowest BCUT2D eigenvalue weighted by molar-refractivity contribution is -0.163. The van der Waals surface area contributed by atoms with Crippen molar-refractivity contribution in [3.8, 4) is 11.8 Å². The third-order valence-electron chi connectivity index (χ3n) is 3.11. The minimum atomic E-state index is -0.979. The molecular formula is C16H18Cl2N2O4. The van der Waals surface area contributed by atoms with Crippen LogP contribution in [-0.2, 0) is 14.3 Å². The van der Waals surface area contributed by atoms with Crippen molar-refractivity contribution in [3.63, 3.8) is 0 Å². The van der Waals surface area contributed by atoms with Crippen molar-refractivity contribution in [2.45, 2.75) is 32.5 Å². The molecule has 0 radical (unpaired) electrons. The molecule has 6 nitrogen and oxygen atoms in total. The SMILES string of the molecule is C[C@H](Oc1ccc(Cl)cc1Cl)C(=O)O[C@H](C)C(=O)N(C)CCC#N. The van der Waals surface area contributed by atoms with E-state index in [1.165, 1.54) is 31.9 Å². The Bertz CT molecular complexity index is 645. The van der Waals surface area contributed by atoms with Gasteiger partial charge in [0.1, 0.15) is 5.75 Å². The normalized spacial score (nSPS) is 12.7. The number of benzene rings is 1. The largest absolute Gasteiger partial charge is 0.477 e. The minimum absolute atomic E-state index is 0.206. The molecule has 0 heterocycles. The van der Waals surface area contributed by atoms with Gasteiger partial charge in [-0.05, 0) is 32.0 Å². The van der Waals surface area contributed by atoms with Crippen LogP contribution < -0.4 is 4.74 Å². The van der Waals surface area contributed by atoms with Crippen molar-refractivity contribution >= 4 is 35.1 Å². The van der Waals surface area contributed by atoms with Crippen LogP contribution >= 0.6 is 23.2 Å². The summed E-state index contributed by atoms with van der Waals surface area (Å²) in [5, 5.41) is 9.24. The summed E-state index contributed by atoms with van der Waals surface area (Å²) in [6, 6.07) is 6.56. The van der Waals surface area contributed by atoms with E-state index >= 15 is 0 Å². The van der Waals surface area contributed by atoms with Gasteiger partial charge in [0.2, 0.25) is 0 Å². The Labute approximate surface area is 150 Å². The molecule has 1 amide bonds. The third-order valence-corrected chi connectivity index (χ3v) is 3.64. The van der Waals surface area contributed by atoms with Crippen LogP contribution in [0.2, 0.25) is 10.0 Å². The molecular weight excluding hydrogens is 355 g/mol. The van der Waals surface area contributed by atoms with E-state index in [2.05, 4.69) is 0 Å².